The van der Waals surface area contributed by atoms with Crippen LogP contribution in [0.4, 0.5) is 0 Å². The summed E-state index contributed by atoms with van der Waals surface area (Å²) in [4.78, 5) is 15.8. The van der Waals surface area contributed by atoms with E-state index in [1.54, 1.807) is 0 Å². The molecule has 108 valence electrons. The zero-order valence-corrected chi connectivity index (χ0v) is 11.8. The van der Waals surface area contributed by atoms with Crippen molar-refractivity contribution in [3.8, 4) is 0 Å². The third-order valence-corrected chi connectivity index (χ3v) is 3.78. The van der Waals surface area contributed by atoms with E-state index in [0.29, 0.717) is 13.0 Å². The lowest BCUT2D eigenvalue weighted by atomic mass is 9.99. The Labute approximate surface area is 124 Å². The number of benzene rings is 1. The topological polar surface area (TPSA) is 54.0 Å². The van der Waals surface area contributed by atoms with Gasteiger partial charge in [0.1, 0.15) is 0 Å². The summed E-state index contributed by atoms with van der Waals surface area (Å²) in [6, 6.07) is 16.6. The molecule has 0 spiro atoms. The summed E-state index contributed by atoms with van der Waals surface area (Å²) in [5, 5.41) is 6.55. The first kappa shape index (κ1) is 13.8. The molecule has 0 radical (unpaired) electrons. The molecule has 2 atom stereocenters. The minimum Gasteiger partial charge on any atom is -0.355 e. The highest BCUT2D eigenvalue weighted by molar-refractivity contribution is 5.76. The second-order valence-corrected chi connectivity index (χ2v) is 5.30. The fourth-order valence-electron chi connectivity index (χ4n) is 2.66. The van der Waals surface area contributed by atoms with Gasteiger partial charge in [-0.1, -0.05) is 36.4 Å². The van der Waals surface area contributed by atoms with E-state index < -0.39 is 0 Å². The number of hydrogen-bond donors (Lipinski definition) is 2. The van der Waals surface area contributed by atoms with Gasteiger partial charge in [0, 0.05) is 25.2 Å². The van der Waals surface area contributed by atoms with Crippen LogP contribution in [-0.2, 0) is 4.79 Å². The van der Waals surface area contributed by atoms with E-state index in [-0.39, 0.29) is 18.0 Å². The molecule has 2 N–H and O–H groups in total. The molecule has 2 unspecified atom stereocenters. The first-order valence-electron chi connectivity index (χ1n) is 7.31. The maximum atomic E-state index is 11.3. The Balaban J connectivity index is 1.81. The van der Waals surface area contributed by atoms with Crippen LogP contribution >= 0.6 is 0 Å². The van der Waals surface area contributed by atoms with Gasteiger partial charge < -0.3 is 10.6 Å². The van der Waals surface area contributed by atoms with Crippen LogP contribution in [0.2, 0.25) is 0 Å². The molecule has 0 saturated carbocycles. The van der Waals surface area contributed by atoms with Crippen molar-refractivity contribution in [3.05, 3.63) is 66.0 Å². The Morgan fingerprint density at radius 2 is 1.95 bits per heavy atom. The van der Waals surface area contributed by atoms with Gasteiger partial charge in [0.05, 0.1) is 11.7 Å². The SMILES string of the molecule is O=C1CCC(NC(c2ccccc2)c2ccccn2)CN1. The third-order valence-electron chi connectivity index (χ3n) is 3.78. The number of amides is 1. The van der Waals surface area contributed by atoms with Gasteiger partial charge in [-0.25, -0.2) is 0 Å². The second kappa shape index (κ2) is 6.50. The molecule has 1 aliphatic heterocycles. The summed E-state index contributed by atoms with van der Waals surface area (Å²) < 4.78 is 0. The maximum Gasteiger partial charge on any atom is 0.220 e. The van der Waals surface area contributed by atoms with Gasteiger partial charge in [-0.05, 0) is 24.1 Å². The zero-order valence-electron chi connectivity index (χ0n) is 11.8. The Hall–Kier alpha value is -2.20. The molecule has 1 amide bonds. The van der Waals surface area contributed by atoms with E-state index in [9.17, 15) is 4.79 Å². The number of aromatic nitrogens is 1. The second-order valence-electron chi connectivity index (χ2n) is 5.30. The number of carbonyl (C=O) groups excluding carboxylic acids is 1. The van der Waals surface area contributed by atoms with Crippen LogP contribution in [0.25, 0.3) is 0 Å². The van der Waals surface area contributed by atoms with Crippen LogP contribution in [-0.4, -0.2) is 23.5 Å². The Morgan fingerprint density at radius 3 is 2.62 bits per heavy atom. The van der Waals surface area contributed by atoms with Gasteiger partial charge in [-0.2, -0.15) is 0 Å². The number of pyridine rings is 1. The zero-order chi connectivity index (χ0) is 14.5. The van der Waals surface area contributed by atoms with Crippen molar-refractivity contribution in [1.29, 1.82) is 0 Å². The molecule has 0 bridgehead atoms. The number of hydrogen-bond acceptors (Lipinski definition) is 3. The normalized spacial score (nSPS) is 19.8. The highest BCUT2D eigenvalue weighted by Crippen LogP contribution is 2.21. The van der Waals surface area contributed by atoms with Gasteiger partial charge in [-0.3, -0.25) is 9.78 Å². The first-order chi connectivity index (χ1) is 10.3. The van der Waals surface area contributed by atoms with Crippen molar-refractivity contribution in [3.63, 3.8) is 0 Å². The van der Waals surface area contributed by atoms with Crippen molar-refractivity contribution < 1.29 is 4.79 Å². The highest BCUT2D eigenvalue weighted by Gasteiger charge is 2.23. The monoisotopic (exact) mass is 281 g/mol. The summed E-state index contributed by atoms with van der Waals surface area (Å²) in [6.07, 6.45) is 3.26. The molecule has 4 heteroatoms. The van der Waals surface area contributed by atoms with Crippen LogP contribution in [0.5, 0.6) is 0 Å². The molecule has 1 saturated heterocycles. The fourth-order valence-corrected chi connectivity index (χ4v) is 2.66. The molecule has 1 aromatic heterocycles. The molecule has 0 aliphatic carbocycles. The Kier molecular flexibility index (Phi) is 4.26. The lowest BCUT2D eigenvalue weighted by Gasteiger charge is -2.28. The molecule has 2 heterocycles. The van der Waals surface area contributed by atoms with Crippen molar-refractivity contribution in [2.24, 2.45) is 0 Å². The predicted octanol–water partition coefficient (Wildman–Crippen LogP) is 2.04. The number of carbonyl (C=O) groups is 1. The van der Waals surface area contributed by atoms with E-state index in [0.717, 1.165) is 12.1 Å². The van der Waals surface area contributed by atoms with Gasteiger partial charge in [0.25, 0.3) is 0 Å². The smallest absolute Gasteiger partial charge is 0.220 e. The van der Waals surface area contributed by atoms with Crippen LogP contribution in [0, 0.1) is 0 Å². The minimum atomic E-state index is 0.0485. The predicted molar refractivity (Wildman–Crippen MR) is 81.7 cm³/mol. The minimum absolute atomic E-state index is 0.0485. The molecule has 2 aromatic rings. The molecule has 1 aliphatic rings. The van der Waals surface area contributed by atoms with Crippen LogP contribution in [0.15, 0.2) is 54.7 Å². The number of nitrogens with one attached hydrogen (secondary N) is 2. The van der Waals surface area contributed by atoms with Gasteiger partial charge in [0.15, 0.2) is 0 Å². The summed E-state index contributed by atoms with van der Waals surface area (Å²) in [7, 11) is 0. The fraction of sp³-hybridized carbons (Fsp3) is 0.294. The molecule has 3 rings (SSSR count). The van der Waals surface area contributed by atoms with Crippen molar-refractivity contribution in [2.45, 2.75) is 24.9 Å². The van der Waals surface area contributed by atoms with Gasteiger partial charge in [0.2, 0.25) is 5.91 Å². The van der Waals surface area contributed by atoms with Gasteiger partial charge >= 0.3 is 0 Å². The van der Waals surface area contributed by atoms with E-state index in [1.165, 1.54) is 5.56 Å². The van der Waals surface area contributed by atoms with E-state index in [2.05, 4.69) is 27.8 Å². The van der Waals surface area contributed by atoms with Crippen molar-refractivity contribution in [1.82, 2.24) is 15.6 Å². The average molecular weight is 281 g/mol. The van der Waals surface area contributed by atoms with Crippen LogP contribution < -0.4 is 10.6 Å². The quantitative estimate of drug-likeness (QED) is 0.901. The largest absolute Gasteiger partial charge is 0.355 e. The molecular weight excluding hydrogens is 262 g/mol. The Bertz CT molecular complexity index is 536. The van der Waals surface area contributed by atoms with Gasteiger partial charge in [-0.15, -0.1) is 0 Å². The lowest BCUT2D eigenvalue weighted by Crippen LogP contribution is -2.47. The summed E-state index contributed by atoms with van der Waals surface area (Å²) in [5.41, 5.74) is 2.19. The van der Waals surface area contributed by atoms with Crippen molar-refractivity contribution in [2.75, 3.05) is 6.54 Å². The maximum absolute atomic E-state index is 11.3. The Morgan fingerprint density at radius 1 is 1.14 bits per heavy atom. The van der Waals surface area contributed by atoms with Crippen LogP contribution in [0.1, 0.15) is 30.1 Å². The molecular formula is C17H19N3O. The van der Waals surface area contributed by atoms with Crippen molar-refractivity contribution >= 4 is 5.91 Å². The number of rotatable bonds is 4. The molecule has 21 heavy (non-hydrogen) atoms. The number of nitrogens with zero attached hydrogens (tertiary/aromatic N) is 1. The van der Waals surface area contributed by atoms with E-state index in [4.69, 9.17) is 0 Å². The summed E-state index contributed by atoms with van der Waals surface area (Å²) >= 11 is 0. The van der Waals surface area contributed by atoms with Crippen LogP contribution in [0.3, 0.4) is 0 Å². The molecule has 4 nitrogen and oxygen atoms in total. The average Bonchev–Trinajstić information content (AvgIpc) is 2.56. The number of piperidine rings is 1. The highest BCUT2D eigenvalue weighted by atomic mass is 16.1. The van der Waals surface area contributed by atoms with E-state index in [1.807, 2.05) is 42.6 Å². The first-order valence-corrected chi connectivity index (χ1v) is 7.31. The molecule has 1 aromatic carbocycles. The summed E-state index contributed by atoms with van der Waals surface area (Å²) in [6.45, 7) is 0.676. The van der Waals surface area contributed by atoms with E-state index >= 15 is 0 Å². The third kappa shape index (κ3) is 3.47. The molecule has 1 fully saturated rings. The standard InChI is InChI=1S/C17H19N3O/c21-16-10-9-14(12-19-16)20-17(13-6-2-1-3-7-13)15-8-4-5-11-18-15/h1-8,11,14,17,20H,9-10,12H2,(H,19,21). The summed E-state index contributed by atoms with van der Waals surface area (Å²) in [5.74, 6) is 0.141. The lowest BCUT2D eigenvalue weighted by molar-refractivity contribution is -0.122.